The maximum Gasteiger partial charge on any atom is 0.569 e. The molecule has 0 bridgehead atoms. The van der Waals surface area contributed by atoms with Crippen LogP contribution in [0.25, 0.3) is 21.9 Å². The summed E-state index contributed by atoms with van der Waals surface area (Å²) in [4.78, 5) is 0. The van der Waals surface area contributed by atoms with E-state index < -0.39 is 0 Å². The predicted octanol–water partition coefficient (Wildman–Crippen LogP) is 3.41. The van der Waals surface area contributed by atoms with Crippen LogP contribution < -0.4 is 4.65 Å². The first-order chi connectivity index (χ1) is 9.36. The standard InChI is InChI=1S/C16H12BO2/c18-17-19-16-9-8-13-6-7-14(10-15(13)11-16)12-4-2-1-3-5-12/h1-11,18H. The van der Waals surface area contributed by atoms with Gasteiger partial charge < -0.3 is 9.68 Å². The maximum atomic E-state index is 8.68. The Balaban J connectivity index is 2.08. The van der Waals surface area contributed by atoms with Gasteiger partial charge in [-0.05, 0) is 40.1 Å². The lowest BCUT2D eigenvalue weighted by molar-refractivity contribution is 0.454. The second-order valence-corrected chi connectivity index (χ2v) is 4.31. The second kappa shape index (κ2) is 5.16. The fourth-order valence-corrected chi connectivity index (χ4v) is 2.17. The van der Waals surface area contributed by atoms with E-state index in [0.717, 1.165) is 10.8 Å². The molecule has 2 nitrogen and oxygen atoms in total. The zero-order chi connectivity index (χ0) is 13.1. The van der Waals surface area contributed by atoms with Gasteiger partial charge in [0.2, 0.25) is 0 Å². The van der Waals surface area contributed by atoms with Crippen molar-refractivity contribution >= 4 is 18.5 Å². The fraction of sp³-hybridized carbons (Fsp3) is 0. The van der Waals surface area contributed by atoms with Gasteiger partial charge in [0.05, 0.1) is 0 Å². The van der Waals surface area contributed by atoms with Crippen molar-refractivity contribution in [3.8, 4) is 16.9 Å². The largest absolute Gasteiger partial charge is 0.569 e. The van der Waals surface area contributed by atoms with E-state index in [0.29, 0.717) is 13.4 Å². The molecule has 3 aromatic carbocycles. The van der Waals surface area contributed by atoms with E-state index >= 15 is 0 Å². The molecule has 0 aromatic heterocycles. The van der Waals surface area contributed by atoms with Crippen molar-refractivity contribution in [2.75, 3.05) is 0 Å². The molecule has 1 radical (unpaired) electrons. The lowest BCUT2D eigenvalue weighted by atomic mass is 10.0. The van der Waals surface area contributed by atoms with Crippen LogP contribution in [0.5, 0.6) is 5.75 Å². The highest BCUT2D eigenvalue weighted by Crippen LogP contribution is 2.26. The molecule has 0 aliphatic heterocycles. The molecule has 0 unspecified atom stereocenters. The molecule has 0 aliphatic carbocycles. The number of hydrogen-bond donors (Lipinski definition) is 1. The van der Waals surface area contributed by atoms with Crippen LogP contribution in [0, 0.1) is 0 Å². The Kier molecular flexibility index (Phi) is 3.21. The molecule has 3 aromatic rings. The minimum Gasteiger partial charge on any atom is -0.537 e. The lowest BCUT2D eigenvalue weighted by Crippen LogP contribution is -1.99. The summed E-state index contributed by atoms with van der Waals surface area (Å²) in [5.74, 6) is 0.625. The highest BCUT2D eigenvalue weighted by molar-refractivity contribution is 6.17. The summed E-state index contributed by atoms with van der Waals surface area (Å²) in [5.41, 5.74) is 2.35. The van der Waals surface area contributed by atoms with Gasteiger partial charge in [-0.3, -0.25) is 0 Å². The normalized spacial score (nSPS) is 10.4. The van der Waals surface area contributed by atoms with E-state index in [2.05, 4.69) is 30.3 Å². The summed E-state index contributed by atoms with van der Waals surface area (Å²) in [6.07, 6.45) is 0. The van der Waals surface area contributed by atoms with E-state index in [4.69, 9.17) is 9.68 Å². The molecular formula is C16H12BO2. The first kappa shape index (κ1) is 11.8. The molecule has 0 heterocycles. The van der Waals surface area contributed by atoms with Crippen molar-refractivity contribution in [2.24, 2.45) is 0 Å². The van der Waals surface area contributed by atoms with Crippen molar-refractivity contribution in [3.63, 3.8) is 0 Å². The van der Waals surface area contributed by atoms with E-state index in [1.54, 1.807) is 0 Å². The third-order valence-corrected chi connectivity index (χ3v) is 3.11. The molecule has 3 rings (SSSR count). The highest BCUT2D eigenvalue weighted by Gasteiger charge is 2.01. The van der Waals surface area contributed by atoms with Crippen LogP contribution in [0.1, 0.15) is 0 Å². The first-order valence-electron chi connectivity index (χ1n) is 6.08. The molecule has 0 saturated heterocycles. The number of rotatable bonds is 3. The summed E-state index contributed by atoms with van der Waals surface area (Å²) in [6.45, 7) is 0. The summed E-state index contributed by atoms with van der Waals surface area (Å²) in [5, 5.41) is 10.9. The van der Waals surface area contributed by atoms with Gasteiger partial charge in [-0.25, -0.2) is 0 Å². The van der Waals surface area contributed by atoms with E-state index in [1.165, 1.54) is 11.1 Å². The Hall–Kier alpha value is -2.26. The minimum absolute atomic E-state index is 0.625. The van der Waals surface area contributed by atoms with Crippen LogP contribution in [0.2, 0.25) is 0 Å². The summed E-state index contributed by atoms with van der Waals surface area (Å²) in [6, 6.07) is 22.3. The Morgan fingerprint density at radius 1 is 0.737 bits per heavy atom. The van der Waals surface area contributed by atoms with Crippen molar-refractivity contribution in [1.29, 1.82) is 0 Å². The summed E-state index contributed by atoms with van der Waals surface area (Å²) >= 11 is 0. The molecule has 0 atom stereocenters. The average molecular weight is 247 g/mol. The number of fused-ring (bicyclic) bond motifs is 1. The molecule has 3 heteroatoms. The van der Waals surface area contributed by atoms with E-state index in [1.807, 2.05) is 36.4 Å². The summed E-state index contributed by atoms with van der Waals surface area (Å²) in [7, 11) is 0.697. The van der Waals surface area contributed by atoms with E-state index in [-0.39, 0.29) is 0 Å². The monoisotopic (exact) mass is 247 g/mol. The molecule has 0 spiro atoms. The molecule has 0 fully saturated rings. The van der Waals surface area contributed by atoms with Gasteiger partial charge in [-0.15, -0.1) is 0 Å². The van der Waals surface area contributed by atoms with Gasteiger partial charge in [0.25, 0.3) is 0 Å². The number of hydrogen-bond acceptors (Lipinski definition) is 2. The average Bonchev–Trinajstić information content (AvgIpc) is 2.48. The molecule has 0 saturated carbocycles. The third-order valence-electron chi connectivity index (χ3n) is 3.11. The number of benzene rings is 3. The van der Waals surface area contributed by atoms with Crippen molar-refractivity contribution in [1.82, 2.24) is 0 Å². The van der Waals surface area contributed by atoms with Crippen LogP contribution in [-0.4, -0.2) is 12.7 Å². The Bertz CT molecular complexity index is 695. The first-order valence-corrected chi connectivity index (χ1v) is 6.08. The zero-order valence-corrected chi connectivity index (χ0v) is 10.3. The molecule has 19 heavy (non-hydrogen) atoms. The van der Waals surface area contributed by atoms with Crippen LogP contribution in [0.4, 0.5) is 0 Å². The zero-order valence-electron chi connectivity index (χ0n) is 10.3. The SMILES string of the molecule is O[B]Oc1ccc2ccc(-c3ccccc3)cc2c1. The minimum atomic E-state index is 0.625. The van der Waals surface area contributed by atoms with Crippen molar-refractivity contribution < 1.29 is 9.68 Å². The van der Waals surface area contributed by atoms with Gasteiger partial charge in [-0.1, -0.05) is 48.5 Å². The smallest absolute Gasteiger partial charge is 0.537 e. The molecular weight excluding hydrogens is 235 g/mol. The lowest BCUT2D eigenvalue weighted by Gasteiger charge is -2.06. The van der Waals surface area contributed by atoms with Gasteiger partial charge in [0.15, 0.2) is 0 Å². The third kappa shape index (κ3) is 2.46. The van der Waals surface area contributed by atoms with Gasteiger partial charge in [-0.2, -0.15) is 0 Å². The Morgan fingerprint density at radius 2 is 1.53 bits per heavy atom. The van der Waals surface area contributed by atoms with Crippen molar-refractivity contribution in [3.05, 3.63) is 66.7 Å². The van der Waals surface area contributed by atoms with Crippen LogP contribution in [0.15, 0.2) is 66.7 Å². The molecule has 0 amide bonds. The molecule has 1 N–H and O–H groups in total. The topological polar surface area (TPSA) is 29.5 Å². The fourth-order valence-electron chi connectivity index (χ4n) is 2.17. The maximum absolute atomic E-state index is 8.68. The predicted molar refractivity (Wildman–Crippen MR) is 78.0 cm³/mol. The van der Waals surface area contributed by atoms with Crippen LogP contribution in [-0.2, 0) is 0 Å². The molecule has 91 valence electrons. The summed E-state index contributed by atoms with van der Waals surface area (Å²) < 4.78 is 4.99. The van der Waals surface area contributed by atoms with Crippen molar-refractivity contribution in [2.45, 2.75) is 0 Å². The second-order valence-electron chi connectivity index (χ2n) is 4.31. The Labute approximate surface area is 112 Å². The van der Waals surface area contributed by atoms with Gasteiger partial charge in [0.1, 0.15) is 5.75 Å². The highest BCUT2D eigenvalue weighted by atomic mass is 16.5. The van der Waals surface area contributed by atoms with Gasteiger partial charge in [0, 0.05) is 0 Å². The van der Waals surface area contributed by atoms with E-state index in [9.17, 15) is 0 Å². The molecule has 0 aliphatic rings. The quantitative estimate of drug-likeness (QED) is 0.718. The van der Waals surface area contributed by atoms with Crippen LogP contribution in [0.3, 0.4) is 0 Å². The Morgan fingerprint density at radius 3 is 2.32 bits per heavy atom. The van der Waals surface area contributed by atoms with Crippen LogP contribution >= 0.6 is 0 Å². The van der Waals surface area contributed by atoms with Gasteiger partial charge >= 0.3 is 7.69 Å².